The van der Waals surface area contributed by atoms with Crippen LogP contribution in [0.3, 0.4) is 0 Å². The van der Waals surface area contributed by atoms with Gasteiger partial charge in [0.25, 0.3) is 5.91 Å². The van der Waals surface area contributed by atoms with Gasteiger partial charge < -0.3 is 15.5 Å². The summed E-state index contributed by atoms with van der Waals surface area (Å²) in [6.07, 6.45) is 0. The zero-order valence-electron chi connectivity index (χ0n) is 13.3. The SMILES string of the molecule is CCN(CC(=O)NC(C)C)C(=O)CNC(=O)c1ccccc1. The van der Waals surface area contributed by atoms with Crippen LogP contribution in [0, 0.1) is 0 Å². The summed E-state index contributed by atoms with van der Waals surface area (Å²) >= 11 is 0. The molecule has 3 amide bonds. The van der Waals surface area contributed by atoms with Crippen molar-refractivity contribution in [3.8, 4) is 0 Å². The van der Waals surface area contributed by atoms with Crippen molar-refractivity contribution in [1.82, 2.24) is 15.5 Å². The molecule has 0 aromatic heterocycles. The molecule has 120 valence electrons. The number of benzene rings is 1. The van der Waals surface area contributed by atoms with E-state index in [1.165, 1.54) is 4.90 Å². The molecule has 1 rings (SSSR count). The van der Waals surface area contributed by atoms with Gasteiger partial charge in [0.15, 0.2) is 0 Å². The van der Waals surface area contributed by atoms with Gasteiger partial charge in [-0.3, -0.25) is 14.4 Å². The highest BCUT2D eigenvalue weighted by Gasteiger charge is 2.16. The largest absolute Gasteiger partial charge is 0.352 e. The van der Waals surface area contributed by atoms with Crippen molar-refractivity contribution < 1.29 is 14.4 Å². The molecular formula is C16H23N3O3. The van der Waals surface area contributed by atoms with E-state index in [2.05, 4.69) is 10.6 Å². The van der Waals surface area contributed by atoms with Crippen LogP contribution in [-0.4, -0.2) is 48.3 Å². The molecule has 0 aliphatic carbocycles. The Balaban J connectivity index is 2.48. The first-order valence-electron chi connectivity index (χ1n) is 7.34. The van der Waals surface area contributed by atoms with Gasteiger partial charge in [0.1, 0.15) is 0 Å². The Morgan fingerprint density at radius 2 is 1.77 bits per heavy atom. The van der Waals surface area contributed by atoms with Crippen LogP contribution in [0.1, 0.15) is 31.1 Å². The maximum absolute atomic E-state index is 12.1. The van der Waals surface area contributed by atoms with Gasteiger partial charge in [-0.25, -0.2) is 0 Å². The molecule has 2 N–H and O–H groups in total. The molecule has 1 aromatic carbocycles. The number of nitrogens with one attached hydrogen (secondary N) is 2. The van der Waals surface area contributed by atoms with Gasteiger partial charge in [0.2, 0.25) is 11.8 Å². The summed E-state index contributed by atoms with van der Waals surface area (Å²) in [6.45, 7) is 5.78. The lowest BCUT2D eigenvalue weighted by Gasteiger charge is -2.21. The number of hydrogen-bond donors (Lipinski definition) is 2. The van der Waals surface area contributed by atoms with Crippen LogP contribution in [0.25, 0.3) is 0 Å². The Morgan fingerprint density at radius 3 is 2.32 bits per heavy atom. The molecule has 0 aliphatic heterocycles. The van der Waals surface area contributed by atoms with Crippen LogP contribution in [0.15, 0.2) is 30.3 Å². The predicted molar refractivity (Wildman–Crippen MR) is 84.3 cm³/mol. The van der Waals surface area contributed by atoms with Crippen molar-refractivity contribution in [2.45, 2.75) is 26.8 Å². The number of amides is 3. The lowest BCUT2D eigenvalue weighted by molar-refractivity contribution is -0.135. The van der Waals surface area contributed by atoms with E-state index >= 15 is 0 Å². The quantitative estimate of drug-likeness (QED) is 0.782. The average molecular weight is 305 g/mol. The van der Waals surface area contributed by atoms with Crippen LogP contribution in [-0.2, 0) is 9.59 Å². The molecule has 0 radical (unpaired) electrons. The number of hydrogen-bond acceptors (Lipinski definition) is 3. The minimum Gasteiger partial charge on any atom is -0.352 e. The first kappa shape index (κ1) is 17.7. The standard InChI is InChI=1S/C16H23N3O3/c1-4-19(11-14(20)18-12(2)3)15(21)10-17-16(22)13-8-6-5-7-9-13/h5-9,12H,4,10-11H2,1-3H3,(H,17,22)(H,18,20). The number of carbonyl (C=O) groups is 3. The summed E-state index contributed by atoms with van der Waals surface area (Å²) < 4.78 is 0. The van der Waals surface area contributed by atoms with Gasteiger partial charge in [0.05, 0.1) is 13.1 Å². The molecule has 0 heterocycles. The Bertz CT molecular complexity index is 515. The van der Waals surface area contributed by atoms with E-state index in [0.29, 0.717) is 12.1 Å². The van der Waals surface area contributed by atoms with E-state index in [1.54, 1.807) is 31.2 Å². The van der Waals surface area contributed by atoms with Crippen LogP contribution in [0.5, 0.6) is 0 Å². The van der Waals surface area contributed by atoms with E-state index in [9.17, 15) is 14.4 Å². The van der Waals surface area contributed by atoms with E-state index < -0.39 is 0 Å². The lowest BCUT2D eigenvalue weighted by atomic mass is 10.2. The summed E-state index contributed by atoms with van der Waals surface area (Å²) in [5.74, 6) is -0.804. The Kier molecular flexibility index (Phi) is 7.08. The Hall–Kier alpha value is -2.37. The van der Waals surface area contributed by atoms with Crippen LogP contribution in [0.2, 0.25) is 0 Å². The van der Waals surface area contributed by atoms with Crippen molar-refractivity contribution in [2.75, 3.05) is 19.6 Å². The molecule has 1 aromatic rings. The van der Waals surface area contributed by atoms with E-state index in [0.717, 1.165) is 0 Å². The van der Waals surface area contributed by atoms with Crippen molar-refractivity contribution >= 4 is 17.7 Å². The van der Waals surface area contributed by atoms with E-state index in [4.69, 9.17) is 0 Å². The van der Waals surface area contributed by atoms with Crippen LogP contribution < -0.4 is 10.6 Å². The van der Waals surface area contributed by atoms with Gasteiger partial charge in [-0.05, 0) is 32.9 Å². The highest BCUT2D eigenvalue weighted by Crippen LogP contribution is 1.98. The molecule has 0 bridgehead atoms. The molecule has 6 nitrogen and oxygen atoms in total. The van der Waals surface area contributed by atoms with Gasteiger partial charge in [-0.15, -0.1) is 0 Å². The van der Waals surface area contributed by atoms with Gasteiger partial charge in [0, 0.05) is 18.2 Å². The van der Waals surface area contributed by atoms with Gasteiger partial charge >= 0.3 is 0 Å². The second kappa shape index (κ2) is 8.81. The fraction of sp³-hybridized carbons (Fsp3) is 0.438. The molecule has 22 heavy (non-hydrogen) atoms. The molecular weight excluding hydrogens is 282 g/mol. The van der Waals surface area contributed by atoms with Crippen molar-refractivity contribution in [3.05, 3.63) is 35.9 Å². The second-order valence-corrected chi connectivity index (χ2v) is 5.18. The molecule has 0 aliphatic rings. The number of nitrogens with zero attached hydrogens (tertiary/aromatic N) is 1. The zero-order valence-corrected chi connectivity index (χ0v) is 13.3. The Labute approximate surface area is 130 Å². The second-order valence-electron chi connectivity index (χ2n) is 5.18. The fourth-order valence-electron chi connectivity index (χ4n) is 1.88. The number of rotatable bonds is 7. The summed E-state index contributed by atoms with van der Waals surface area (Å²) in [4.78, 5) is 37.0. The van der Waals surface area contributed by atoms with Crippen LogP contribution in [0.4, 0.5) is 0 Å². The first-order chi connectivity index (χ1) is 10.4. The normalized spacial score (nSPS) is 10.2. The maximum atomic E-state index is 12.1. The molecule has 0 fully saturated rings. The van der Waals surface area contributed by atoms with Crippen molar-refractivity contribution in [3.63, 3.8) is 0 Å². The summed E-state index contributed by atoms with van der Waals surface area (Å²) in [6, 6.07) is 8.70. The molecule has 0 saturated carbocycles. The zero-order chi connectivity index (χ0) is 16.5. The number of likely N-dealkylation sites (N-methyl/N-ethyl adjacent to an activating group) is 1. The molecule has 0 spiro atoms. The lowest BCUT2D eigenvalue weighted by Crippen LogP contribution is -2.46. The molecule has 0 atom stereocenters. The highest BCUT2D eigenvalue weighted by molar-refractivity contribution is 5.96. The highest BCUT2D eigenvalue weighted by atomic mass is 16.2. The minimum atomic E-state index is -0.309. The average Bonchev–Trinajstić information content (AvgIpc) is 2.50. The minimum absolute atomic E-state index is 0.00524. The van der Waals surface area contributed by atoms with Crippen molar-refractivity contribution in [2.24, 2.45) is 0 Å². The van der Waals surface area contributed by atoms with Crippen molar-refractivity contribution in [1.29, 1.82) is 0 Å². The van der Waals surface area contributed by atoms with E-state index in [-0.39, 0.29) is 36.9 Å². The number of carbonyl (C=O) groups excluding carboxylic acids is 3. The van der Waals surface area contributed by atoms with Gasteiger partial charge in [-0.2, -0.15) is 0 Å². The smallest absolute Gasteiger partial charge is 0.251 e. The third-order valence-corrected chi connectivity index (χ3v) is 2.95. The summed E-state index contributed by atoms with van der Waals surface area (Å²) in [5.41, 5.74) is 0.496. The topological polar surface area (TPSA) is 78.5 Å². The molecule has 0 unspecified atom stereocenters. The molecule has 6 heteroatoms. The first-order valence-corrected chi connectivity index (χ1v) is 7.34. The predicted octanol–water partition coefficient (Wildman–Crippen LogP) is 0.790. The third-order valence-electron chi connectivity index (χ3n) is 2.95. The maximum Gasteiger partial charge on any atom is 0.251 e. The third kappa shape index (κ3) is 5.95. The Morgan fingerprint density at radius 1 is 1.14 bits per heavy atom. The fourth-order valence-corrected chi connectivity index (χ4v) is 1.88. The van der Waals surface area contributed by atoms with E-state index in [1.807, 2.05) is 19.9 Å². The summed E-state index contributed by atoms with van der Waals surface area (Å²) in [7, 11) is 0. The summed E-state index contributed by atoms with van der Waals surface area (Å²) in [5, 5.41) is 5.30. The van der Waals surface area contributed by atoms with Gasteiger partial charge in [-0.1, -0.05) is 18.2 Å². The monoisotopic (exact) mass is 305 g/mol. The van der Waals surface area contributed by atoms with Crippen LogP contribution >= 0.6 is 0 Å². The molecule has 0 saturated heterocycles.